The predicted octanol–water partition coefficient (Wildman–Crippen LogP) is 1.29. The molecule has 70 valence electrons. The molecule has 2 aromatic heterocycles. The van der Waals surface area contributed by atoms with E-state index in [1.165, 1.54) is 4.57 Å². The van der Waals surface area contributed by atoms with Crippen LogP contribution in [0.15, 0.2) is 23.3 Å². The van der Waals surface area contributed by atoms with Crippen LogP contribution in [0.3, 0.4) is 0 Å². The Labute approximate surface area is 76.2 Å². The molecule has 2 rings (SSSR count). The highest BCUT2D eigenvalue weighted by Crippen LogP contribution is 2.03. The number of aryl methyl sites for hydroxylation is 1. The van der Waals surface area contributed by atoms with Crippen molar-refractivity contribution >= 4 is 11.0 Å². The van der Waals surface area contributed by atoms with Crippen LogP contribution in [-0.4, -0.2) is 14.5 Å². The summed E-state index contributed by atoms with van der Waals surface area (Å²) in [6.45, 7) is 4.00. The largest absolute Gasteiger partial charge is 0.349 e. The molecule has 0 spiro atoms. The van der Waals surface area contributed by atoms with Gasteiger partial charge < -0.3 is 9.55 Å². The molecule has 4 nitrogen and oxygen atoms in total. The second kappa shape index (κ2) is 3.89. The summed E-state index contributed by atoms with van der Waals surface area (Å²) in [6.07, 6.45) is 3.51. The highest BCUT2D eigenvalue weighted by atomic mass is 16.1. The Balaban J connectivity index is 0.000000396. The fourth-order valence-electron chi connectivity index (χ4n) is 1.01. The molecule has 0 aliphatic rings. The molecular weight excluding hydrogens is 166 g/mol. The van der Waals surface area contributed by atoms with Crippen molar-refractivity contribution in [1.82, 2.24) is 14.5 Å². The molecule has 13 heavy (non-hydrogen) atoms. The van der Waals surface area contributed by atoms with Crippen LogP contribution in [0, 0.1) is 0 Å². The van der Waals surface area contributed by atoms with Crippen molar-refractivity contribution in [2.45, 2.75) is 13.8 Å². The van der Waals surface area contributed by atoms with E-state index in [2.05, 4.69) is 9.97 Å². The van der Waals surface area contributed by atoms with Crippen LogP contribution >= 0.6 is 0 Å². The average Bonchev–Trinajstić information content (AvgIpc) is 2.56. The molecule has 2 heterocycles. The molecule has 0 aromatic carbocycles. The Bertz CT molecular complexity index is 441. The van der Waals surface area contributed by atoms with Gasteiger partial charge in [-0.05, 0) is 6.07 Å². The normalized spacial score (nSPS) is 9.46. The second-order valence-electron chi connectivity index (χ2n) is 2.42. The van der Waals surface area contributed by atoms with Crippen LogP contribution in [0.4, 0.5) is 0 Å². The maximum atomic E-state index is 11.0. The predicted molar refractivity (Wildman–Crippen MR) is 52.7 cm³/mol. The van der Waals surface area contributed by atoms with Gasteiger partial charge in [0, 0.05) is 24.8 Å². The van der Waals surface area contributed by atoms with Gasteiger partial charge in [-0.3, -0.25) is 0 Å². The van der Waals surface area contributed by atoms with Gasteiger partial charge in [-0.2, -0.15) is 4.98 Å². The second-order valence-corrected chi connectivity index (χ2v) is 2.42. The minimum Gasteiger partial charge on any atom is -0.346 e. The first-order chi connectivity index (χ1) is 6.27. The van der Waals surface area contributed by atoms with Gasteiger partial charge in [-0.25, -0.2) is 4.79 Å². The molecule has 0 saturated heterocycles. The van der Waals surface area contributed by atoms with Crippen molar-refractivity contribution < 1.29 is 0 Å². The van der Waals surface area contributed by atoms with Crippen LogP contribution in [-0.2, 0) is 7.05 Å². The zero-order valence-corrected chi connectivity index (χ0v) is 8.03. The van der Waals surface area contributed by atoms with Gasteiger partial charge in [-0.1, -0.05) is 13.8 Å². The van der Waals surface area contributed by atoms with Gasteiger partial charge in [-0.15, -0.1) is 0 Å². The summed E-state index contributed by atoms with van der Waals surface area (Å²) in [5, 5.41) is 0.951. The molecule has 0 unspecified atom stereocenters. The van der Waals surface area contributed by atoms with E-state index < -0.39 is 0 Å². The number of nitrogens with zero attached hydrogens (tertiary/aromatic N) is 2. The Kier molecular flexibility index (Phi) is 2.84. The van der Waals surface area contributed by atoms with E-state index in [0.29, 0.717) is 5.65 Å². The van der Waals surface area contributed by atoms with Crippen molar-refractivity contribution in [1.29, 1.82) is 0 Å². The van der Waals surface area contributed by atoms with Gasteiger partial charge >= 0.3 is 5.69 Å². The molecule has 0 aliphatic carbocycles. The van der Waals surface area contributed by atoms with Gasteiger partial charge in [0.25, 0.3) is 0 Å². The smallest absolute Gasteiger partial charge is 0.346 e. The molecule has 2 aromatic rings. The number of H-pyrrole nitrogens is 1. The van der Waals surface area contributed by atoms with E-state index in [9.17, 15) is 4.79 Å². The lowest BCUT2D eigenvalue weighted by atomic mass is 10.4. The molecular formula is C9H13N3O. The molecule has 0 atom stereocenters. The lowest BCUT2D eigenvalue weighted by Crippen LogP contribution is -2.18. The number of hydrogen-bond donors (Lipinski definition) is 1. The minimum absolute atomic E-state index is 0.236. The van der Waals surface area contributed by atoms with E-state index in [-0.39, 0.29) is 5.69 Å². The maximum Gasteiger partial charge on any atom is 0.349 e. The van der Waals surface area contributed by atoms with Gasteiger partial charge in [0.2, 0.25) is 0 Å². The first kappa shape index (κ1) is 9.51. The summed E-state index contributed by atoms with van der Waals surface area (Å²) in [7, 11) is 1.68. The average molecular weight is 179 g/mol. The van der Waals surface area contributed by atoms with Crippen molar-refractivity contribution in [2.24, 2.45) is 7.05 Å². The van der Waals surface area contributed by atoms with Gasteiger partial charge in [0.05, 0.1) is 0 Å². The summed E-state index contributed by atoms with van der Waals surface area (Å²) >= 11 is 0. The van der Waals surface area contributed by atoms with E-state index in [0.717, 1.165) is 5.39 Å². The van der Waals surface area contributed by atoms with Crippen LogP contribution in [0.1, 0.15) is 13.8 Å². The van der Waals surface area contributed by atoms with Crippen molar-refractivity contribution in [2.75, 3.05) is 0 Å². The van der Waals surface area contributed by atoms with Crippen LogP contribution in [0.2, 0.25) is 0 Å². The summed E-state index contributed by atoms with van der Waals surface area (Å²) in [5.74, 6) is 0. The van der Waals surface area contributed by atoms with Gasteiger partial charge in [0.15, 0.2) is 0 Å². The lowest BCUT2D eigenvalue weighted by molar-refractivity contribution is 0.825. The van der Waals surface area contributed by atoms with Crippen LogP contribution in [0.25, 0.3) is 11.0 Å². The fraction of sp³-hybridized carbons (Fsp3) is 0.333. The molecule has 0 bridgehead atoms. The van der Waals surface area contributed by atoms with Crippen molar-refractivity contribution in [3.63, 3.8) is 0 Å². The number of hydrogen-bond acceptors (Lipinski definition) is 2. The van der Waals surface area contributed by atoms with E-state index in [1.54, 1.807) is 19.4 Å². The summed E-state index contributed by atoms with van der Waals surface area (Å²) in [6, 6.07) is 1.88. The standard InChI is InChI=1S/C7H7N3O.C2H6/c1-10-4-5-2-3-8-6(5)9-7(10)11;1-2/h2-4H,1H3,(H,8,9,11);1-2H3. The highest BCUT2D eigenvalue weighted by molar-refractivity contribution is 5.73. The number of aromatic nitrogens is 3. The van der Waals surface area contributed by atoms with Gasteiger partial charge in [0.1, 0.15) is 5.65 Å². The Morgan fingerprint density at radius 2 is 2.15 bits per heavy atom. The van der Waals surface area contributed by atoms with E-state index >= 15 is 0 Å². The first-order valence-corrected chi connectivity index (χ1v) is 4.28. The summed E-state index contributed by atoms with van der Waals surface area (Å²) in [5.41, 5.74) is 0.410. The van der Waals surface area contributed by atoms with Crippen LogP contribution in [0.5, 0.6) is 0 Å². The number of rotatable bonds is 0. The highest BCUT2D eigenvalue weighted by Gasteiger charge is 1.96. The zero-order chi connectivity index (χ0) is 9.84. The van der Waals surface area contributed by atoms with E-state index in [1.807, 2.05) is 19.9 Å². The molecule has 0 fully saturated rings. The summed E-state index contributed by atoms with van der Waals surface area (Å²) < 4.78 is 1.45. The molecule has 1 N–H and O–H groups in total. The quantitative estimate of drug-likeness (QED) is 0.662. The number of nitrogens with one attached hydrogen (secondary N) is 1. The van der Waals surface area contributed by atoms with E-state index in [4.69, 9.17) is 0 Å². The lowest BCUT2D eigenvalue weighted by Gasteiger charge is -1.93. The van der Waals surface area contributed by atoms with Crippen LogP contribution < -0.4 is 5.69 Å². The maximum absolute atomic E-state index is 11.0. The third-order valence-corrected chi connectivity index (χ3v) is 1.60. The third-order valence-electron chi connectivity index (χ3n) is 1.60. The topological polar surface area (TPSA) is 50.7 Å². The molecule has 0 amide bonds. The number of fused-ring (bicyclic) bond motifs is 1. The Morgan fingerprint density at radius 3 is 2.85 bits per heavy atom. The van der Waals surface area contributed by atoms with Crippen molar-refractivity contribution in [3.05, 3.63) is 28.9 Å². The monoisotopic (exact) mass is 179 g/mol. The molecule has 0 radical (unpaired) electrons. The Hall–Kier alpha value is -1.58. The fourth-order valence-corrected chi connectivity index (χ4v) is 1.01. The molecule has 0 aliphatic heterocycles. The van der Waals surface area contributed by atoms with Crippen molar-refractivity contribution in [3.8, 4) is 0 Å². The summed E-state index contributed by atoms with van der Waals surface area (Å²) in [4.78, 5) is 17.6. The SMILES string of the molecule is CC.Cn1cc2cc[nH]c2nc1=O. The Morgan fingerprint density at radius 1 is 1.46 bits per heavy atom. The minimum atomic E-state index is -0.236. The number of aromatic amines is 1. The molecule has 4 heteroatoms. The molecule has 0 saturated carbocycles. The third kappa shape index (κ3) is 1.77. The zero-order valence-electron chi connectivity index (χ0n) is 8.03. The first-order valence-electron chi connectivity index (χ1n) is 4.28.